The predicted molar refractivity (Wildman–Crippen MR) is 217 cm³/mol. The van der Waals surface area contributed by atoms with E-state index in [1.165, 1.54) is 86.1 Å². The zero-order valence-electron chi connectivity index (χ0n) is 27.3. The summed E-state index contributed by atoms with van der Waals surface area (Å²) in [6.07, 6.45) is 0. The Morgan fingerprint density at radius 1 is 0.340 bits per heavy atom. The van der Waals surface area contributed by atoms with Crippen LogP contribution in [-0.2, 0) is 0 Å². The van der Waals surface area contributed by atoms with Gasteiger partial charge in [-0.1, -0.05) is 152 Å². The van der Waals surface area contributed by atoms with Crippen molar-refractivity contribution in [2.45, 2.75) is 0 Å². The molecule has 1 nitrogen and oxygen atoms in total. The third-order valence-corrected chi connectivity index (χ3v) is 11.2. The van der Waals surface area contributed by atoms with E-state index in [-0.39, 0.29) is 0 Å². The van der Waals surface area contributed by atoms with E-state index >= 15 is 0 Å². The van der Waals surface area contributed by atoms with Crippen LogP contribution in [-0.4, -0.2) is 0 Å². The molecule has 0 bridgehead atoms. The Morgan fingerprint density at radius 2 is 0.940 bits per heavy atom. The summed E-state index contributed by atoms with van der Waals surface area (Å²) in [5.41, 5.74) is 8.37. The molecule has 0 radical (unpaired) electrons. The van der Waals surface area contributed by atoms with E-state index in [1.54, 1.807) is 0 Å². The smallest absolute Gasteiger partial charge is 0.0640 e. The summed E-state index contributed by atoms with van der Waals surface area (Å²) in [4.78, 5) is 2.48. The summed E-state index contributed by atoms with van der Waals surface area (Å²) in [5.74, 6) is 0. The second kappa shape index (κ2) is 11.7. The topological polar surface area (TPSA) is 3.24 Å². The standard InChI is InChI=1S/C48H31NS/c1-2-13-34-30-36(25-24-32(34)12-1)39-16-6-5-15-38(39)33-26-28-37(29-27-33)49(45-22-11-21-44-43-20-9-10-23-47(43)50-48(44)45)46-31-35-14-3-4-17-40(35)41-18-7-8-19-42(41)46/h1-31H. The molecule has 1 heterocycles. The molecular weight excluding hydrogens is 623 g/mol. The number of anilines is 3. The van der Waals surface area contributed by atoms with Crippen LogP contribution >= 0.6 is 11.3 Å². The van der Waals surface area contributed by atoms with Crippen LogP contribution < -0.4 is 4.90 Å². The molecule has 10 rings (SSSR count). The van der Waals surface area contributed by atoms with Gasteiger partial charge >= 0.3 is 0 Å². The van der Waals surface area contributed by atoms with Crippen LogP contribution in [0.15, 0.2) is 188 Å². The molecule has 0 saturated heterocycles. The van der Waals surface area contributed by atoms with Crippen molar-refractivity contribution in [1.82, 2.24) is 0 Å². The van der Waals surface area contributed by atoms with Gasteiger partial charge in [-0.25, -0.2) is 0 Å². The quantitative estimate of drug-likeness (QED) is 0.167. The van der Waals surface area contributed by atoms with E-state index in [0.717, 1.165) is 5.69 Å². The van der Waals surface area contributed by atoms with Gasteiger partial charge in [0.05, 0.1) is 16.1 Å². The number of hydrogen-bond acceptors (Lipinski definition) is 2. The molecule has 0 aliphatic rings. The zero-order chi connectivity index (χ0) is 33.0. The average molecular weight is 654 g/mol. The molecule has 0 amide bonds. The molecule has 0 N–H and O–H groups in total. The maximum atomic E-state index is 2.48. The number of rotatable bonds is 5. The maximum absolute atomic E-state index is 2.48. The third kappa shape index (κ3) is 4.69. The average Bonchev–Trinajstić information content (AvgIpc) is 3.58. The van der Waals surface area contributed by atoms with Crippen LogP contribution in [0.1, 0.15) is 0 Å². The van der Waals surface area contributed by atoms with Crippen molar-refractivity contribution in [2.75, 3.05) is 4.90 Å². The number of fused-ring (bicyclic) bond motifs is 7. The zero-order valence-corrected chi connectivity index (χ0v) is 28.1. The van der Waals surface area contributed by atoms with Gasteiger partial charge < -0.3 is 4.90 Å². The molecule has 0 aliphatic heterocycles. The largest absolute Gasteiger partial charge is 0.308 e. The van der Waals surface area contributed by atoms with E-state index in [2.05, 4.69) is 193 Å². The highest BCUT2D eigenvalue weighted by Crippen LogP contribution is 2.48. The molecular formula is C48H31NS. The molecule has 0 atom stereocenters. The van der Waals surface area contributed by atoms with E-state index in [0.29, 0.717) is 0 Å². The first-order valence-corrected chi connectivity index (χ1v) is 17.9. The molecule has 50 heavy (non-hydrogen) atoms. The molecule has 0 saturated carbocycles. The van der Waals surface area contributed by atoms with Crippen LogP contribution in [0.4, 0.5) is 17.1 Å². The molecule has 1 aromatic heterocycles. The Balaban J connectivity index is 1.18. The van der Waals surface area contributed by atoms with Crippen LogP contribution in [0, 0.1) is 0 Å². The molecule has 0 fully saturated rings. The van der Waals surface area contributed by atoms with Gasteiger partial charge in [-0.15, -0.1) is 11.3 Å². The van der Waals surface area contributed by atoms with Crippen molar-refractivity contribution in [2.24, 2.45) is 0 Å². The molecule has 10 aromatic rings. The lowest BCUT2D eigenvalue weighted by molar-refractivity contribution is 1.32. The number of thiophene rings is 1. The van der Waals surface area contributed by atoms with Crippen molar-refractivity contribution in [3.63, 3.8) is 0 Å². The van der Waals surface area contributed by atoms with E-state index < -0.39 is 0 Å². The summed E-state index contributed by atoms with van der Waals surface area (Å²) < 4.78 is 2.59. The Bertz CT molecular complexity index is 2880. The van der Waals surface area contributed by atoms with Crippen molar-refractivity contribution in [3.05, 3.63) is 188 Å². The lowest BCUT2D eigenvalue weighted by Crippen LogP contribution is -2.11. The first-order valence-electron chi connectivity index (χ1n) is 17.1. The first-order chi connectivity index (χ1) is 24.8. The van der Waals surface area contributed by atoms with E-state index in [9.17, 15) is 0 Å². The minimum Gasteiger partial charge on any atom is -0.308 e. The fraction of sp³-hybridized carbons (Fsp3) is 0. The second-order valence-corrected chi connectivity index (χ2v) is 14.0. The highest BCUT2D eigenvalue weighted by Gasteiger charge is 2.21. The maximum Gasteiger partial charge on any atom is 0.0640 e. The second-order valence-electron chi connectivity index (χ2n) is 12.9. The van der Waals surface area contributed by atoms with Gasteiger partial charge in [0, 0.05) is 26.5 Å². The number of hydrogen-bond donors (Lipinski definition) is 0. The van der Waals surface area contributed by atoms with Crippen molar-refractivity contribution >= 4 is 80.9 Å². The van der Waals surface area contributed by atoms with Gasteiger partial charge in [0.15, 0.2) is 0 Å². The monoisotopic (exact) mass is 653 g/mol. The SMILES string of the molecule is c1ccc(-c2ccc3ccccc3c2)c(-c2ccc(N(c3cc4ccccc4c4ccccc34)c3cccc4c3sc3ccccc34)cc2)c1. The van der Waals surface area contributed by atoms with Crippen LogP contribution in [0.5, 0.6) is 0 Å². The Kier molecular flexibility index (Phi) is 6.75. The van der Waals surface area contributed by atoms with E-state index in [4.69, 9.17) is 0 Å². The lowest BCUT2D eigenvalue weighted by atomic mass is 9.93. The summed E-state index contributed by atoms with van der Waals surface area (Å²) >= 11 is 1.87. The van der Waals surface area contributed by atoms with Crippen molar-refractivity contribution in [1.29, 1.82) is 0 Å². The number of nitrogens with zero attached hydrogens (tertiary/aromatic N) is 1. The third-order valence-electron chi connectivity index (χ3n) is 10.0. The van der Waals surface area contributed by atoms with Gasteiger partial charge in [0.25, 0.3) is 0 Å². The highest BCUT2D eigenvalue weighted by atomic mass is 32.1. The van der Waals surface area contributed by atoms with E-state index in [1.807, 2.05) is 11.3 Å². The summed E-state index contributed by atoms with van der Waals surface area (Å²) in [7, 11) is 0. The van der Waals surface area contributed by atoms with Crippen LogP contribution in [0.3, 0.4) is 0 Å². The summed E-state index contributed by atoms with van der Waals surface area (Å²) in [6, 6.07) is 68.8. The van der Waals surface area contributed by atoms with Crippen molar-refractivity contribution < 1.29 is 0 Å². The van der Waals surface area contributed by atoms with Gasteiger partial charge in [-0.2, -0.15) is 0 Å². The van der Waals surface area contributed by atoms with Crippen LogP contribution in [0.25, 0.3) is 74.7 Å². The van der Waals surface area contributed by atoms with Gasteiger partial charge in [-0.3, -0.25) is 0 Å². The highest BCUT2D eigenvalue weighted by molar-refractivity contribution is 7.26. The fourth-order valence-electron chi connectivity index (χ4n) is 7.67. The molecule has 0 spiro atoms. The Morgan fingerprint density at radius 3 is 1.76 bits per heavy atom. The van der Waals surface area contributed by atoms with Crippen molar-refractivity contribution in [3.8, 4) is 22.3 Å². The fourth-order valence-corrected chi connectivity index (χ4v) is 8.88. The predicted octanol–water partition coefficient (Wildman–Crippen LogP) is 14.3. The normalized spacial score (nSPS) is 11.6. The molecule has 9 aromatic carbocycles. The number of benzene rings is 9. The first kappa shape index (κ1) is 28.8. The summed E-state index contributed by atoms with van der Waals surface area (Å²) in [5, 5.41) is 10.1. The Labute approximate surface area is 294 Å². The lowest BCUT2D eigenvalue weighted by Gasteiger charge is -2.28. The molecule has 0 unspecified atom stereocenters. The minimum atomic E-state index is 1.13. The van der Waals surface area contributed by atoms with Gasteiger partial charge in [0.1, 0.15) is 0 Å². The Hall–Kier alpha value is -6.22. The molecule has 234 valence electrons. The van der Waals surface area contributed by atoms with Crippen LogP contribution in [0.2, 0.25) is 0 Å². The van der Waals surface area contributed by atoms with Gasteiger partial charge in [0.2, 0.25) is 0 Å². The van der Waals surface area contributed by atoms with Gasteiger partial charge in [-0.05, 0) is 85.6 Å². The molecule has 2 heteroatoms. The summed E-state index contributed by atoms with van der Waals surface area (Å²) in [6.45, 7) is 0. The minimum absolute atomic E-state index is 1.13. The molecule has 0 aliphatic carbocycles.